The van der Waals surface area contributed by atoms with Crippen LogP contribution in [0, 0.1) is 5.92 Å². The first-order chi connectivity index (χ1) is 8.13. The summed E-state index contributed by atoms with van der Waals surface area (Å²) in [4.78, 5) is 4.89. The number of hydrogen-bond acceptors (Lipinski definition) is 1. The SMILES string of the molecule is CCCC(N=C(C)CC(C)C)c1ccccc1. The fourth-order valence-corrected chi connectivity index (χ4v) is 2.16. The molecule has 0 aliphatic rings. The Balaban J connectivity index is 2.79. The molecular formula is C16H25N. The van der Waals surface area contributed by atoms with Crippen molar-refractivity contribution in [2.75, 3.05) is 0 Å². The minimum Gasteiger partial charge on any atom is -0.286 e. The Hall–Kier alpha value is -1.11. The number of benzene rings is 1. The van der Waals surface area contributed by atoms with Crippen molar-refractivity contribution in [1.29, 1.82) is 0 Å². The van der Waals surface area contributed by atoms with Crippen molar-refractivity contribution in [3.8, 4) is 0 Å². The van der Waals surface area contributed by atoms with E-state index in [1.54, 1.807) is 0 Å². The van der Waals surface area contributed by atoms with Crippen molar-refractivity contribution in [2.24, 2.45) is 10.9 Å². The van der Waals surface area contributed by atoms with E-state index in [4.69, 9.17) is 4.99 Å². The maximum atomic E-state index is 4.89. The maximum Gasteiger partial charge on any atom is 0.0748 e. The van der Waals surface area contributed by atoms with Crippen LogP contribution in [0.4, 0.5) is 0 Å². The largest absolute Gasteiger partial charge is 0.286 e. The predicted molar refractivity (Wildman–Crippen MR) is 76.7 cm³/mol. The molecular weight excluding hydrogens is 206 g/mol. The van der Waals surface area contributed by atoms with E-state index < -0.39 is 0 Å². The van der Waals surface area contributed by atoms with Gasteiger partial charge >= 0.3 is 0 Å². The van der Waals surface area contributed by atoms with Gasteiger partial charge in [0, 0.05) is 5.71 Å². The van der Waals surface area contributed by atoms with Crippen molar-refractivity contribution in [3.63, 3.8) is 0 Å². The molecule has 1 aromatic carbocycles. The molecule has 0 radical (unpaired) electrons. The zero-order chi connectivity index (χ0) is 12.7. The first-order valence-electron chi connectivity index (χ1n) is 6.71. The standard InChI is InChI=1S/C16H25N/c1-5-9-16(15-10-7-6-8-11-15)17-14(4)12-13(2)3/h6-8,10-11,13,16H,5,9,12H2,1-4H3. The van der Waals surface area contributed by atoms with E-state index in [0.29, 0.717) is 12.0 Å². The minimum absolute atomic E-state index is 0.347. The lowest BCUT2D eigenvalue weighted by molar-refractivity contribution is 0.627. The van der Waals surface area contributed by atoms with Crippen molar-refractivity contribution < 1.29 is 0 Å². The van der Waals surface area contributed by atoms with Crippen molar-refractivity contribution in [2.45, 2.75) is 53.0 Å². The second-order valence-corrected chi connectivity index (χ2v) is 5.18. The lowest BCUT2D eigenvalue weighted by Crippen LogP contribution is -2.03. The zero-order valence-corrected chi connectivity index (χ0v) is 11.6. The quantitative estimate of drug-likeness (QED) is 0.608. The molecule has 0 fully saturated rings. The molecule has 0 N–H and O–H groups in total. The minimum atomic E-state index is 0.347. The normalized spacial score (nSPS) is 14.1. The Labute approximate surface area is 106 Å². The molecule has 0 amide bonds. The van der Waals surface area contributed by atoms with Gasteiger partial charge < -0.3 is 0 Å². The Kier molecular flexibility index (Phi) is 5.96. The van der Waals surface area contributed by atoms with Gasteiger partial charge in [0.1, 0.15) is 0 Å². The van der Waals surface area contributed by atoms with Crippen LogP contribution in [-0.4, -0.2) is 5.71 Å². The van der Waals surface area contributed by atoms with Gasteiger partial charge in [-0.25, -0.2) is 0 Å². The van der Waals surface area contributed by atoms with Crippen LogP contribution in [-0.2, 0) is 0 Å². The van der Waals surface area contributed by atoms with Crippen LogP contribution >= 0.6 is 0 Å². The lowest BCUT2D eigenvalue weighted by Gasteiger charge is -2.14. The molecule has 0 aromatic heterocycles. The van der Waals surface area contributed by atoms with Gasteiger partial charge in [0.15, 0.2) is 0 Å². The molecule has 0 spiro atoms. The highest BCUT2D eigenvalue weighted by molar-refractivity contribution is 5.82. The van der Waals surface area contributed by atoms with E-state index in [1.165, 1.54) is 17.7 Å². The Morgan fingerprint density at radius 2 is 1.82 bits per heavy atom. The molecule has 0 saturated heterocycles. The molecule has 1 unspecified atom stereocenters. The summed E-state index contributed by atoms with van der Waals surface area (Å²) < 4.78 is 0. The van der Waals surface area contributed by atoms with E-state index in [9.17, 15) is 0 Å². The zero-order valence-electron chi connectivity index (χ0n) is 11.6. The fourth-order valence-electron chi connectivity index (χ4n) is 2.16. The molecule has 1 nitrogen and oxygen atoms in total. The highest BCUT2D eigenvalue weighted by atomic mass is 14.8. The highest BCUT2D eigenvalue weighted by Gasteiger charge is 2.09. The molecule has 0 saturated carbocycles. The van der Waals surface area contributed by atoms with E-state index in [2.05, 4.69) is 58.0 Å². The third-order valence-corrected chi connectivity index (χ3v) is 2.83. The average Bonchev–Trinajstić information content (AvgIpc) is 2.28. The maximum absolute atomic E-state index is 4.89. The Morgan fingerprint density at radius 1 is 1.18 bits per heavy atom. The molecule has 0 heterocycles. The highest BCUT2D eigenvalue weighted by Crippen LogP contribution is 2.23. The van der Waals surface area contributed by atoms with Crippen LogP contribution < -0.4 is 0 Å². The molecule has 1 rings (SSSR count). The Morgan fingerprint density at radius 3 is 2.35 bits per heavy atom. The molecule has 1 heteroatoms. The van der Waals surface area contributed by atoms with Gasteiger partial charge in [-0.15, -0.1) is 0 Å². The van der Waals surface area contributed by atoms with Gasteiger partial charge in [0.2, 0.25) is 0 Å². The summed E-state index contributed by atoms with van der Waals surface area (Å²) in [7, 11) is 0. The molecule has 0 aliphatic carbocycles. The monoisotopic (exact) mass is 231 g/mol. The van der Waals surface area contributed by atoms with Gasteiger partial charge in [-0.2, -0.15) is 0 Å². The van der Waals surface area contributed by atoms with Gasteiger partial charge in [-0.1, -0.05) is 57.5 Å². The van der Waals surface area contributed by atoms with E-state index in [-0.39, 0.29) is 0 Å². The summed E-state index contributed by atoms with van der Waals surface area (Å²) in [6, 6.07) is 11.0. The smallest absolute Gasteiger partial charge is 0.0748 e. The second-order valence-electron chi connectivity index (χ2n) is 5.18. The first-order valence-corrected chi connectivity index (χ1v) is 6.71. The second kappa shape index (κ2) is 7.26. The lowest BCUT2D eigenvalue weighted by atomic mass is 10.0. The van der Waals surface area contributed by atoms with E-state index >= 15 is 0 Å². The fraction of sp³-hybridized carbons (Fsp3) is 0.562. The van der Waals surface area contributed by atoms with Crippen LogP contribution in [0.2, 0.25) is 0 Å². The Bertz CT molecular complexity index is 338. The topological polar surface area (TPSA) is 12.4 Å². The summed E-state index contributed by atoms with van der Waals surface area (Å²) in [5, 5.41) is 0. The molecule has 1 atom stereocenters. The van der Waals surface area contributed by atoms with Crippen LogP contribution in [0.15, 0.2) is 35.3 Å². The third-order valence-electron chi connectivity index (χ3n) is 2.83. The first kappa shape index (κ1) is 14.0. The van der Waals surface area contributed by atoms with Crippen LogP contribution in [0.1, 0.15) is 58.6 Å². The summed E-state index contributed by atoms with van der Waals surface area (Å²) in [6.07, 6.45) is 3.42. The molecule has 94 valence electrons. The number of nitrogens with zero attached hydrogens (tertiary/aromatic N) is 1. The van der Waals surface area contributed by atoms with Crippen molar-refractivity contribution in [3.05, 3.63) is 35.9 Å². The van der Waals surface area contributed by atoms with Crippen LogP contribution in [0.25, 0.3) is 0 Å². The average molecular weight is 231 g/mol. The summed E-state index contributed by atoms with van der Waals surface area (Å²) in [5.41, 5.74) is 2.62. The van der Waals surface area contributed by atoms with Gasteiger partial charge in [-0.05, 0) is 31.2 Å². The number of rotatable bonds is 6. The molecule has 0 aliphatic heterocycles. The van der Waals surface area contributed by atoms with Gasteiger partial charge in [0.25, 0.3) is 0 Å². The number of hydrogen-bond donors (Lipinski definition) is 0. The van der Waals surface area contributed by atoms with E-state index in [1.807, 2.05) is 0 Å². The molecule has 17 heavy (non-hydrogen) atoms. The molecule has 0 bridgehead atoms. The summed E-state index contributed by atoms with van der Waals surface area (Å²) >= 11 is 0. The van der Waals surface area contributed by atoms with Crippen LogP contribution in [0.3, 0.4) is 0 Å². The van der Waals surface area contributed by atoms with Crippen LogP contribution in [0.5, 0.6) is 0 Å². The van der Waals surface area contributed by atoms with Crippen molar-refractivity contribution in [1.82, 2.24) is 0 Å². The predicted octanol–water partition coefficient (Wildman–Crippen LogP) is 5.03. The number of aliphatic imine (C=N–C) groups is 1. The van der Waals surface area contributed by atoms with Gasteiger partial charge in [-0.3, -0.25) is 4.99 Å². The summed E-state index contributed by atoms with van der Waals surface area (Å²) in [5.74, 6) is 0.691. The van der Waals surface area contributed by atoms with Crippen molar-refractivity contribution >= 4 is 5.71 Å². The summed E-state index contributed by atoms with van der Waals surface area (Å²) in [6.45, 7) is 8.88. The van der Waals surface area contributed by atoms with Gasteiger partial charge in [0.05, 0.1) is 6.04 Å². The van der Waals surface area contributed by atoms with E-state index in [0.717, 1.165) is 12.8 Å². The molecule has 1 aromatic rings. The third kappa shape index (κ3) is 5.16.